The van der Waals surface area contributed by atoms with Crippen LogP contribution in [0.25, 0.3) is 0 Å². The summed E-state index contributed by atoms with van der Waals surface area (Å²) >= 11 is 0. The van der Waals surface area contributed by atoms with Crippen LogP contribution in [0.2, 0.25) is 0 Å². The number of oxime groups is 1. The minimum atomic E-state index is -0.959. The molecule has 5 nitrogen and oxygen atoms in total. The number of carbonyl (C=O) groups excluding carboxylic acids is 1. The molecule has 0 aliphatic heterocycles. The molecule has 94 valence electrons. The number of hydrogen-bond donors (Lipinski definition) is 3. The van der Waals surface area contributed by atoms with Gasteiger partial charge in [-0.15, -0.1) is 0 Å². The monoisotopic (exact) mass is 229 g/mol. The fourth-order valence-electron chi connectivity index (χ4n) is 1.22. The van der Waals surface area contributed by atoms with Crippen molar-refractivity contribution >= 4 is 11.7 Å². The highest BCUT2D eigenvalue weighted by Gasteiger charge is 2.32. The lowest BCUT2D eigenvalue weighted by molar-refractivity contribution is -0.126. The van der Waals surface area contributed by atoms with Gasteiger partial charge in [0.25, 0.3) is 0 Å². The summed E-state index contributed by atoms with van der Waals surface area (Å²) in [6, 6.07) is 0. The van der Waals surface area contributed by atoms with Gasteiger partial charge in [-0.05, 0) is 20.3 Å². The van der Waals surface area contributed by atoms with Gasteiger partial charge in [0.15, 0.2) is 5.84 Å². The van der Waals surface area contributed by atoms with E-state index in [-0.39, 0.29) is 11.7 Å². The van der Waals surface area contributed by atoms with Gasteiger partial charge in [-0.25, -0.2) is 0 Å². The molecule has 0 aromatic rings. The third-order valence-corrected chi connectivity index (χ3v) is 2.63. The second-order valence-electron chi connectivity index (χ2n) is 4.43. The number of nitrogens with zero attached hydrogens (tertiary/aromatic N) is 1. The number of hydrogen-bond acceptors (Lipinski definition) is 3. The number of nitrogens with two attached hydrogens (primary N) is 1. The zero-order chi connectivity index (χ0) is 12.6. The zero-order valence-corrected chi connectivity index (χ0v) is 10.4. The molecule has 0 spiro atoms. The van der Waals surface area contributed by atoms with E-state index in [0.717, 1.165) is 12.8 Å². The summed E-state index contributed by atoms with van der Waals surface area (Å²) in [6.07, 6.45) is 4.43. The highest BCUT2D eigenvalue weighted by atomic mass is 16.4. The Bertz CT molecular complexity index is 250. The van der Waals surface area contributed by atoms with Gasteiger partial charge >= 0.3 is 0 Å². The average Bonchev–Trinajstić information content (AvgIpc) is 2.27. The summed E-state index contributed by atoms with van der Waals surface area (Å²) < 4.78 is 0. The van der Waals surface area contributed by atoms with Gasteiger partial charge in [-0.3, -0.25) is 4.79 Å². The number of rotatable bonds is 7. The van der Waals surface area contributed by atoms with Crippen molar-refractivity contribution in [3.05, 3.63) is 0 Å². The Morgan fingerprint density at radius 1 is 1.38 bits per heavy atom. The molecular formula is C11H23N3O2. The van der Waals surface area contributed by atoms with Crippen molar-refractivity contribution in [1.82, 2.24) is 5.32 Å². The minimum absolute atomic E-state index is 0.0708. The van der Waals surface area contributed by atoms with Crippen molar-refractivity contribution in [3.63, 3.8) is 0 Å². The molecule has 0 heterocycles. The van der Waals surface area contributed by atoms with Crippen molar-refractivity contribution in [1.29, 1.82) is 0 Å². The Morgan fingerprint density at radius 2 is 2.00 bits per heavy atom. The largest absolute Gasteiger partial charge is 0.409 e. The van der Waals surface area contributed by atoms with Crippen LogP contribution in [0.1, 0.15) is 46.5 Å². The first-order chi connectivity index (χ1) is 7.46. The molecule has 0 saturated heterocycles. The summed E-state index contributed by atoms with van der Waals surface area (Å²) in [5.41, 5.74) is 4.48. The van der Waals surface area contributed by atoms with Crippen molar-refractivity contribution in [2.75, 3.05) is 6.54 Å². The second kappa shape index (κ2) is 7.09. The Balaban J connectivity index is 3.97. The van der Waals surface area contributed by atoms with Crippen molar-refractivity contribution in [2.45, 2.75) is 46.5 Å². The lowest BCUT2D eigenvalue weighted by Crippen LogP contribution is -2.46. The fraction of sp³-hybridized carbons (Fsp3) is 0.818. The van der Waals surface area contributed by atoms with Crippen LogP contribution in [-0.2, 0) is 4.79 Å². The van der Waals surface area contributed by atoms with E-state index in [4.69, 9.17) is 10.9 Å². The standard InChI is InChI=1S/C11H23N3O2/c1-4-5-6-7-8-13-10(15)11(2,3)9(12)14-16/h16H,4-8H2,1-3H3,(H2,12,14)(H,13,15). The molecule has 0 radical (unpaired) electrons. The molecule has 0 bridgehead atoms. The van der Waals surface area contributed by atoms with Gasteiger partial charge in [0.2, 0.25) is 5.91 Å². The van der Waals surface area contributed by atoms with Crippen LogP contribution in [0.3, 0.4) is 0 Å². The molecule has 5 heteroatoms. The van der Waals surface area contributed by atoms with E-state index >= 15 is 0 Å². The smallest absolute Gasteiger partial charge is 0.233 e. The van der Waals surface area contributed by atoms with E-state index in [2.05, 4.69) is 17.4 Å². The average molecular weight is 229 g/mol. The van der Waals surface area contributed by atoms with Crippen LogP contribution in [0.15, 0.2) is 5.16 Å². The van der Waals surface area contributed by atoms with Crippen LogP contribution in [-0.4, -0.2) is 23.5 Å². The predicted octanol–water partition coefficient (Wildman–Crippen LogP) is 1.46. The van der Waals surface area contributed by atoms with E-state index in [0.29, 0.717) is 6.54 Å². The highest BCUT2D eigenvalue weighted by molar-refractivity contribution is 6.05. The molecule has 1 amide bonds. The second-order valence-corrected chi connectivity index (χ2v) is 4.43. The minimum Gasteiger partial charge on any atom is -0.409 e. The van der Waals surface area contributed by atoms with Crippen molar-refractivity contribution < 1.29 is 10.0 Å². The first-order valence-corrected chi connectivity index (χ1v) is 5.73. The molecule has 0 aliphatic rings. The molecule has 4 N–H and O–H groups in total. The van der Waals surface area contributed by atoms with E-state index in [1.54, 1.807) is 13.8 Å². The normalized spacial score (nSPS) is 12.6. The molecule has 0 rings (SSSR count). The lowest BCUT2D eigenvalue weighted by atomic mass is 9.91. The molecule has 0 fully saturated rings. The van der Waals surface area contributed by atoms with E-state index in [1.807, 2.05) is 0 Å². The number of amides is 1. The van der Waals surface area contributed by atoms with Crippen LogP contribution in [0.5, 0.6) is 0 Å². The maximum Gasteiger partial charge on any atom is 0.233 e. The van der Waals surface area contributed by atoms with Crippen LogP contribution < -0.4 is 11.1 Å². The van der Waals surface area contributed by atoms with E-state index in [9.17, 15) is 4.79 Å². The zero-order valence-electron chi connectivity index (χ0n) is 10.4. The summed E-state index contributed by atoms with van der Waals surface area (Å²) in [4.78, 5) is 11.7. The first kappa shape index (κ1) is 14.7. The van der Waals surface area contributed by atoms with Crippen molar-refractivity contribution in [2.24, 2.45) is 16.3 Å². The van der Waals surface area contributed by atoms with E-state index in [1.165, 1.54) is 12.8 Å². The fourth-order valence-corrected chi connectivity index (χ4v) is 1.22. The van der Waals surface area contributed by atoms with Crippen molar-refractivity contribution in [3.8, 4) is 0 Å². The molecule has 0 aromatic carbocycles. The van der Waals surface area contributed by atoms with E-state index < -0.39 is 5.41 Å². The van der Waals surface area contributed by atoms with Gasteiger partial charge in [0.05, 0.1) is 0 Å². The Morgan fingerprint density at radius 3 is 2.50 bits per heavy atom. The number of amidine groups is 1. The summed E-state index contributed by atoms with van der Waals surface area (Å²) in [5, 5.41) is 14.2. The number of carbonyl (C=O) groups is 1. The Hall–Kier alpha value is -1.26. The van der Waals surface area contributed by atoms with Gasteiger partial charge in [0.1, 0.15) is 5.41 Å². The van der Waals surface area contributed by atoms with Crippen LogP contribution >= 0.6 is 0 Å². The summed E-state index contributed by atoms with van der Waals surface area (Å²) in [7, 11) is 0. The quantitative estimate of drug-likeness (QED) is 0.203. The molecule has 16 heavy (non-hydrogen) atoms. The van der Waals surface area contributed by atoms with Crippen LogP contribution in [0.4, 0.5) is 0 Å². The Labute approximate surface area is 97.1 Å². The molecular weight excluding hydrogens is 206 g/mol. The maximum absolute atomic E-state index is 11.7. The summed E-state index contributed by atoms with van der Waals surface area (Å²) in [6.45, 7) is 6.04. The molecule has 0 unspecified atom stereocenters. The molecule has 0 aliphatic carbocycles. The number of unbranched alkanes of at least 4 members (excludes halogenated alkanes) is 3. The van der Waals surface area contributed by atoms with Gasteiger partial charge < -0.3 is 16.3 Å². The SMILES string of the molecule is CCCCCCNC(=O)C(C)(C)C(N)=NO. The first-order valence-electron chi connectivity index (χ1n) is 5.73. The lowest BCUT2D eigenvalue weighted by Gasteiger charge is -2.21. The highest BCUT2D eigenvalue weighted by Crippen LogP contribution is 2.15. The topological polar surface area (TPSA) is 87.7 Å². The summed E-state index contributed by atoms with van der Waals surface area (Å²) in [5.74, 6) is -0.280. The third kappa shape index (κ3) is 4.51. The van der Waals surface area contributed by atoms with Crippen LogP contribution in [0, 0.1) is 5.41 Å². The Kier molecular flexibility index (Phi) is 6.53. The third-order valence-electron chi connectivity index (χ3n) is 2.63. The molecule has 0 aromatic heterocycles. The van der Waals surface area contributed by atoms with Gasteiger partial charge in [-0.2, -0.15) is 0 Å². The van der Waals surface area contributed by atoms with Gasteiger partial charge in [-0.1, -0.05) is 31.3 Å². The molecule has 0 atom stereocenters. The predicted molar refractivity (Wildman–Crippen MR) is 64.3 cm³/mol. The molecule has 0 saturated carbocycles. The number of nitrogens with one attached hydrogen (secondary N) is 1. The van der Waals surface area contributed by atoms with Gasteiger partial charge in [0, 0.05) is 6.54 Å². The maximum atomic E-state index is 11.7.